The zero-order chi connectivity index (χ0) is 16.2. The van der Waals surface area contributed by atoms with E-state index in [0.717, 1.165) is 12.1 Å². The van der Waals surface area contributed by atoms with Crippen molar-refractivity contribution < 1.29 is 8.42 Å². The Morgan fingerprint density at radius 3 is 2.38 bits per heavy atom. The maximum Gasteiger partial charge on any atom is 0.242 e. The minimum Gasteiger partial charge on any atom is -0.352 e. The van der Waals surface area contributed by atoms with E-state index in [1.165, 1.54) is 0 Å². The Balaban J connectivity index is 2.87. The second-order valence-corrected chi connectivity index (χ2v) is 7.82. The topological polar surface area (TPSA) is 63.1 Å². The number of hydrogen-bond donors (Lipinski definition) is 2. The molecule has 5 nitrogen and oxygen atoms in total. The van der Waals surface area contributed by atoms with Crippen LogP contribution in [0, 0.1) is 5.92 Å². The van der Waals surface area contributed by atoms with E-state index in [-0.39, 0.29) is 6.04 Å². The molecule has 0 bridgehead atoms. The number of aromatic nitrogens is 1. The SMILES string of the molecule is CCC(C)C(C)NS(=O)(=O)c1cc(CNC(C)C)n(C)c1. The lowest BCUT2D eigenvalue weighted by Gasteiger charge is -2.19. The zero-order valence-electron chi connectivity index (χ0n) is 14.0. The molecule has 0 radical (unpaired) electrons. The highest BCUT2D eigenvalue weighted by Gasteiger charge is 2.22. The quantitative estimate of drug-likeness (QED) is 0.773. The Hall–Kier alpha value is -0.850. The first-order valence-electron chi connectivity index (χ1n) is 7.58. The molecule has 21 heavy (non-hydrogen) atoms. The first-order chi connectivity index (χ1) is 9.67. The van der Waals surface area contributed by atoms with E-state index in [1.807, 2.05) is 18.5 Å². The third kappa shape index (κ3) is 5.13. The van der Waals surface area contributed by atoms with Gasteiger partial charge >= 0.3 is 0 Å². The van der Waals surface area contributed by atoms with Gasteiger partial charge in [0, 0.05) is 37.6 Å². The molecule has 0 saturated carbocycles. The fourth-order valence-corrected chi connectivity index (χ4v) is 3.44. The Labute approximate surface area is 129 Å². The number of sulfonamides is 1. The molecule has 0 aromatic carbocycles. The molecule has 2 unspecified atom stereocenters. The van der Waals surface area contributed by atoms with Gasteiger partial charge in [0.1, 0.15) is 0 Å². The fraction of sp³-hybridized carbons (Fsp3) is 0.733. The first-order valence-corrected chi connectivity index (χ1v) is 9.06. The lowest BCUT2D eigenvalue weighted by Crippen LogP contribution is -2.36. The second kappa shape index (κ2) is 7.42. The molecule has 6 heteroatoms. The van der Waals surface area contributed by atoms with Gasteiger partial charge in [-0.15, -0.1) is 0 Å². The van der Waals surface area contributed by atoms with Crippen LogP contribution in [-0.2, 0) is 23.6 Å². The average molecular weight is 315 g/mol. The highest BCUT2D eigenvalue weighted by Crippen LogP contribution is 2.16. The Morgan fingerprint density at radius 1 is 1.24 bits per heavy atom. The summed E-state index contributed by atoms with van der Waals surface area (Å²) in [4.78, 5) is 0.334. The number of nitrogens with zero attached hydrogens (tertiary/aromatic N) is 1. The second-order valence-electron chi connectivity index (χ2n) is 6.11. The maximum atomic E-state index is 12.4. The van der Waals surface area contributed by atoms with Crippen molar-refractivity contribution in [2.24, 2.45) is 13.0 Å². The molecule has 0 amide bonds. The standard InChI is InChI=1S/C15H29N3O2S/c1-7-12(4)13(5)17-21(19,20)15-8-14(18(6)10-15)9-16-11(2)3/h8,10-13,16-17H,7,9H2,1-6H3. The largest absolute Gasteiger partial charge is 0.352 e. The molecule has 122 valence electrons. The van der Waals surface area contributed by atoms with Crippen LogP contribution in [-0.4, -0.2) is 25.1 Å². The molecule has 0 spiro atoms. The van der Waals surface area contributed by atoms with Crippen LogP contribution >= 0.6 is 0 Å². The van der Waals surface area contributed by atoms with Gasteiger partial charge in [0.25, 0.3) is 0 Å². The van der Waals surface area contributed by atoms with Gasteiger partial charge in [0.05, 0.1) is 4.90 Å². The third-order valence-electron chi connectivity index (χ3n) is 3.92. The van der Waals surface area contributed by atoms with Crippen LogP contribution in [0.15, 0.2) is 17.2 Å². The predicted molar refractivity (Wildman–Crippen MR) is 86.6 cm³/mol. The summed E-state index contributed by atoms with van der Waals surface area (Å²) in [6.07, 6.45) is 2.62. The van der Waals surface area contributed by atoms with E-state index in [0.29, 0.717) is 23.4 Å². The van der Waals surface area contributed by atoms with Crippen molar-refractivity contribution in [3.05, 3.63) is 18.0 Å². The molecule has 0 aliphatic carbocycles. The van der Waals surface area contributed by atoms with Gasteiger partial charge in [-0.25, -0.2) is 13.1 Å². The molecule has 0 aliphatic heterocycles. The van der Waals surface area contributed by atoms with Crippen LogP contribution in [0.4, 0.5) is 0 Å². The zero-order valence-corrected chi connectivity index (χ0v) is 14.8. The summed E-state index contributed by atoms with van der Waals surface area (Å²) in [5.41, 5.74) is 0.959. The van der Waals surface area contributed by atoms with Gasteiger partial charge in [-0.05, 0) is 18.9 Å². The smallest absolute Gasteiger partial charge is 0.242 e. The van der Waals surface area contributed by atoms with E-state index in [9.17, 15) is 8.42 Å². The summed E-state index contributed by atoms with van der Waals surface area (Å²) in [7, 11) is -1.58. The van der Waals surface area contributed by atoms with E-state index >= 15 is 0 Å². The molecule has 1 heterocycles. The highest BCUT2D eigenvalue weighted by molar-refractivity contribution is 7.89. The lowest BCUT2D eigenvalue weighted by molar-refractivity contribution is 0.434. The minimum absolute atomic E-state index is 0.0718. The minimum atomic E-state index is -3.45. The van der Waals surface area contributed by atoms with E-state index in [1.54, 1.807) is 12.3 Å². The van der Waals surface area contributed by atoms with E-state index < -0.39 is 10.0 Å². The molecule has 1 aromatic rings. The molecule has 1 aromatic heterocycles. The predicted octanol–water partition coefficient (Wildman–Crippen LogP) is 2.24. The molecule has 2 N–H and O–H groups in total. The van der Waals surface area contributed by atoms with Crippen molar-refractivity contribution in [3.63, 3.8) is 0 Å². The molecular formula is C15H29N3O2S. The van der Waals surface area contributed by atoms with Gasteiger partial charge in [0.15, 0.2) is 0 Å². The van der Waals surface area contributed by atoms with Crippen molar-refractivity contribution in [1.29, 1.82) is 0 Å². The Bertz CT molecular complexity index is 549. The summed E-state index contributed by atoms with van der Waals surface area (Å²) in [6.45, 7) is 10.8. The van der Waals surface area contributed by atoms with E-state index in [4.69, 9.17) is 0 Å². The molecule has 0 aliphatic rings. The fourth-order valence-electron chi connectivity index (χ4n) is 1.99. The van der Waals surface area contributed by atoms with Gasteiger partial charge < -0.3 is 9.88 Å². The monoisotopic (exact) mass is 315 g/mol. The van der Waals surface area contributed by atoms with Crippen molar-refractivity contribution >= 4 is 10.0 Å². The van der Waals surface area contributed by atoms with Crippen molar-refractivity contribution in [3.8, 4) is 0 Å². The van der Waals surface area contributed by atoms with Crippen LogP contribution in [0.1, 0.15) is 46.7 Å². The van der Waals surface area contributed by atoms with Crippen molar-refractivity contribution in [2.45, 2.75) is 64.6 Å². The van der Waals surface area contributed by atoms with Crippen LogP contribution in [0.5, 0.6) is 0 Å². The summed E-state index contributed by atoms with van der Waals surface area (Å²) in [6, 6.07) is 2.03. The first kappa shape index (κ1) is 18.2. The number of hydrogen-bond acceptors (Lipinski definition) is 3. The molecule has 0 fully saturated rings. The maximum absolute atomic E-state index is 12.4. The van der Waals surface area contributed by atoms with Gasteiger partial charge in [-0.1, -0.05) is 34.1 Å². The molecule has 2 atom stereocenters. The Morgan fingerprint density at radius 2 is 1.86 bits per heavy atom. The summed E-state index contributed by atoms with van der Waals surface area (Å²) >= 11 is 0. The summed E-state index contributed by atoms with van der Waals surface area (Å²) in [5, 5.41) is 3.30. The van der Waals surface area contributed by atoms with Crippen LogP contribution in [0.25, 0.3) is 0 Å². The number of nitrogens with one attached hydrogen (secondary N) is 2. The third-order valence-corrected chi connectivity index (χ3v) is 5.45. The normalized spacial score (nSPS) is 15.4. The Kier molecular flexibility index (Phi) is 6.43. The number of rotatable bonds is 8. The molecule has 1 rings (SSSR count). The van der Waals surface area contributed by atoms with Gasteiger partial charge in [-0.3, -0.25) is 0 Å². The van der Waals surface area contributed by atoms with Crippen LogP contribution < -0.4 is 10.0 Å². The summed E-state index contributed by atoms with van der Waals surface area (Å²) < 4.78 is 29.5. The molecular weight excluding hydrogens is 286 g/mol. The summed E-state index contributed by atoms with van der Waals surface area (Å²) in [5.74, 6) is 0.311. The number of aryl methyl sites for hydroxylation is 1. The van der Waals surface area contributed by atoms with Gasteiger partial charge in [-0.2, -0.15) is 0 Å². The van der Waals surface area contributed by atoms with Crippen molar-refractivity contribution in [2.75, 3.05) is 0 Å². The van der Waals surface area contributed by atoms with Crippen LogP contribution in [0.3, 0.4) is 0 Å². The van der Waals surface area contributed by atoms with E-state index in [2.05, 4.69) is 37.7 Å². The average Bonchev–Trinajstić information content (AvgIpc) is 2.77. The lowest BCUT2D eigenvalue weighted by atomic mass is 10.0. The van der Waals surface area contributed by atoms with Gasteiger partial charge in [0.2, 0.25) is 10.0 Å². The van der Waals surface area contributed by atoms with Crippen molar-refractivity contribution in [1.82, 2.24) is 14.6 Å². The highest BCUT2D eigenvalue weighted by atomic mass is 32.2. The molecule has 0 saturated heterocycles. The van der Waals surface area contributed by atoms with Crippen LogP contribution in [0.2, 0.25) is 0 Å².